The van der Waals surface area contributed by atoms with Gasteiger partial charge in [0.2, 0.25) is 0 Å². The van der Waals surface area contributed by atoms with Crippen LogP contribution in [0.5, 0.6) is 0 Å². The van der Waals surface area contributed by atoms with E-state index in [0.29, 0.717) is 0 Å². The van der Waals surface area contributed by atoms with Gasteiger partial charge in [-0.1, -0.05) is 0 Å². The highest BCUT2D eigenvalue weighted by Gasteiger charge is 2.01. The number of rotatable bonds is 3. The molecule has 53 valence electrons. The summed E-state index contributed by atoms with van der Waals surface area (Å²) in [5.74, 6) is -0.257. The third-order valence-electron chi connectivity index (χ3n) is 0.654. The van der Waals surface area contributed by atoms with Crippen LogP contribution in [0.3, 0.4) is 0 Å². The Labute approximate surface area is 55.4 Å². The Morgan fingerprint density at radius 3 is 2.56 bits per heavy atom. The van der Waals surface area contributed by atoms with E-state index in [0.717, 1.165) is 0 Å². The number of likely N-dealkylation sites (N-methyl/N-ethyl adjacent to an activating group) is 1. The van der Waals surface area contributed by atoms with E-state index in [1.54, 1.807) is 7.05 Å². The van der Waals surface area contributed by atoms with Crippen LogP contribution in [0.1, 0.15) is 13.8 Å². The predicted molar refractivity (Wildman–Crippen MR) is 34.2 cm³/mol. The monoisotopic (exact) mass is 130 g/mol. The molecule has 0 atom stereocenters. The van der Waals surface area contributed by atoms with E-state index in [-0.39, 0.29) is 18.6 Å². The average molecular weight is 130 g/mol. The summed E-state index contributed by atoms with van der Waals surface area (Å²) in [6.45, 7) is 3.79. The summed E-state index contributed by atoms with van der Waals surface area (Å²) in [5, 5.41) is 3.61. The number of hydrogen-bond donors (Lipinski definition) is 0. The zero-order valence-electron chi connectivity index (χ0n) is 6.05. The van der Waals surface area contributed by atoms with E-state index in [4.69, 9.17) is 4.74 Å². The van der Waals surface area contributed by atoms with Gasteiger partial charge in [0.1, 0.15) is 6.54 Å². The Hall–Kier alpha value is -0.570. The van der Waals surface area contributed by atoms with Crippen molar-refractivity contribution in [1.29, 1.82) is 0 Å². The van der Waals surface area contributed by atoms with Gasteiger partial charge >= 0.3 is 5.97 Å². The van der Waals surface area contributed by atoms with Crippen LogP contribution >= 0.6 is 0 Å². The van der Waals surface area contributed by atoms with Gasteiger partial charge in [-0.05, 0) is 13.8 Å². The zero-order valence-corrected chi connectivity index (χ0v) is 6.05. The minimum absolute atomic E-state index is 0.0285. The molecule has 0 saturated heterocycles. The number of nitrogens with zero attached hydrogens (tertiary/aromatic N) is 1. The first-order valence-electron chi connectivity index (χ1n) is 2.92. The van der Waals surface area contributed by atoms with E-state index < -0.39 is 0 Å². The standard InChI is InChI=1S/C6H12NO2/c1-5(2)9-6(8)4-7-3/h5H,4H2,1-3H3. The lowest BCUT2D eigenvalue weighted by Gasteiger charge is -2.05. The smallest absolute Gasteiger partial charge is 0.321 e. The van der Waals surface area contributed by atoms with Gasteiger partial charge in [0.15, 0.2) is 0 Å². The number of carbonyl (C=O) groups is 1. The molecule has 0 aromatic carbocycles. The van der Waals surface area contributed by atoms with E-state index in [1.165, 1.54) is 0 Å². The van der Waals surface area contributed by atoms with Crippen molar-refractivity contribution in [3.63, 3.8) is 0 Å². The molecule has 0 aromatic rings. The zero-order chi connectivity index (χ0) is 7.28. The summed E-state index contributed by atoms with van der Waals surface area (Å²) >= 11 is 0. The van der Waals surface area contributed by atoms with Crippen LogP contribution in [0.2, 0.25) is 0 Å². The van der Waals surface area contributed by atoms with Crippen molar-refractivity contribution < 1.29 is 9.53 Å². The summed E-state index contributed by atoms with van der Waals surface area (Å²) in [6, 6.07) is 0. The maximum Gasteiger partial charge on any atom is 0.321 e. The maximum atomic E-state index is 10.5. The Bertz CT molecular complexity index is 91.1. The van der Waals surface area contributed by atoms with Gasteiger partial charge in [0.05, 0.1) is 6.10 Å². The SMILES string of the molecule is C[N]CC(=O)OC(C)C. The minimum atomic E-state index is -0.257. The first kappa shape index (κ1) is 8.43. The molecule has 0 fully saturated rings. The van der Waals surface area contributed by atoms with Crippen LogP contribution in [0.15, 0.2) is 0 Å². The van der Waals surface area contributed by atoms with Gasteiger partial charge in [0.25, 0.3) is 0 Å². The second-order valence-electron chi connectivity index (χ2n) is 2.01. The Morgan fingerprint density at radius 1 is 1.67 bits per heavy atom. The first-order chi connectivity index (χ1) is 4.16. The molecule has 0 aromatic heterocycles. The summed E-state index contributed by atoms with van der Waals surface area (Å²) in [7, 11) is 1.58. The number of hydrogen-bond acceptors (Lipinski definition) is 2. The molecule has 0 heterocycles. The van der Waals surface area contributed by atoms with Crippen LogP contribution in [0, 0.1) is 0 Å². The topological polar surface area (TPSA) is 40.4 Å². The molecule has 3 heteroatoms. The van der Waals surface area contributed by atoms with Crippen LogP contribution in [0.25, 0.3) is 0 Å². The second kappa shape index (κ2) is 4.32. The highest BCUT2D eigenvalue weighted by molar-refractivity contribution is 5.71. The fourth-order valence-corrected chi connectivity index (χ4v) is 0.429. The Balaban J connectivity index is 3.27. The number of ether oxygens (including phenoxy) is 1. The highest BCUT2D eigenvalue weighted by atomic mass is 16.5. The van der Waals surface area contributed by atoms with Crippen molar-refractivity contribution in [2.24, 2.45) is 0 Å². The third kappa shape index (κ3) is 5.30. The van der Waals surface area contributed by atoms with Gasteiger partial charge in [-0.2, -0.15) is 0 Å². The molecule has 0 unspecified atom stereocenters. The summed E-state index contributed by atoms with van der Waals surface area (Å²) in [4.78, 5) is 10.5. The fourth-order valence-electron chi connectivity index (χ4n) is 0.429. The van der Waals surface area contributed by atoms with Crippen LogP contribution < -0.4 is 5.32 Å². The molecule has 1 radical (unpaired) electrons. The van der Waals surface area contributed by atoms with Gasteiger partial charge in [-0.25, -0.2) is 5.32 Å². The molecule has 9 heavy (non-hydrogen) atoms. The van der Waals surface area contributed by atoms with Gasteiger partial charge in [0, 0.05) is 7.05 Å². The molecule has 0 saturated carbocycles. The van der Waals surface area contributed by atoms with Crippen molar-refractivity contribution in [2.75, 3.05) is 13.6 Å². The fraction of sp³-hybridized carbons (Fsp3) is 0.833. The van der Waals surface area contributed by atoms with E-state index in [9.17, 15) is 4.79 Å². The van der Waals surface area contributed by atoms with Gasteiger partial charge < -0.3 is 4.74 Å². The van der Waals surface area contributed by atoms with Gasteiger partial charge in [-0.15, -0.1) is 0 Å². The third-order valence-corrected chi connectivity index (χ3v) is 0.654. The second-order valence-corrected chi connectivity index (χ2v) is 2.01. The van der Waals surface area contributed by atoms with E-state index in [2.05, 4.69) is 5.32 Å². The first-order valence-corrected chi connectivity index (χ1v) is 2.92. The van der Waals surface area contributed by atoms with Crippen molar-refractivity contribution in [3.05, 3.63) is 0 Å². The van der Waals surface area contributed by atoms with Crippen LogP contribution in [-0.4, -0.2) is 25.7 Å². The van der Waals surface area contributed by atoms with Crippen LogP contribution in [0.4, 0.5) is 0 Å². The van der Waals surface area contributed by atoms with E-state index >= 15 is 0 Å². The molecule has 0 aliphatic carbocycles. The largest absolute Gasteiger partial charge is 0.462 e. The quantitative estimate of drug-likeness (QED) is 0.511. The van der Waals surface area contributed by atoms with Gasteiger partial charge in [-0.3, -0.25) is 4.79 Å². The summed E-state index contributed by atoms with van der Waals surface area (Å²) in [6.07, 6.45) is -0.0285. The molecule has 0 rings (SSSR count). The van der Waals surface area contributed by atoms with Crippen molar-refractivity contribution in [3.8, 4) is 0 Å². The molecule has 0 aliphatic heterocycles. The molecule has 0 N–H and O–H groups in total. The van der Waals surface area contributed by atoms with Crippen LogP contribution in [-0.2, 0) is 9.53 Å². The van der Waals surface area contributed by atoms with Crippen molar-refractivity contribution in [2.45, 2.75) is 20.0 Å². The summed E-state index contributed by atoms with van der Waals surface area (Å²) < 4.78 is 4.76. The molecule has 0 spiro atoms. The number of carbonyl (C=O) groups excluding carboxylic acids is 1. The molecular weight excluding hydrogens is 118 g/mol. The predicted octanol–water partition coefficient (Wildman–Crippen LogP) is 0.172. The van der Waals surface area contributed by atoms with E-state index in [1.807, 2.05) is 13.8 Å². The summed E-state index contributed by atoms with van der Waals surface area (Å²) in [5.41, 5.74) is 0. The Kier molecular flexibility index (Phi) is 4.05. The van der Waals surface area contributed by atoms with Crippen molar-refractivity contribution >= 4 is 5.97 Å². The minimum Gasteiger partial charge on any atom is -0.462 e. The normalized spacial score (nSPS) is 9.78. The molecule has 0 aliphatic rings. The van der Waals surface area contributed by atoms with Crippen molar-refractivity contribution in [1.82, 2.24) is 5.32 Å². The lowest BCUT2D eigenvalue weighted by atomic mass is 10.5. The highest BCUT2D eigenvalue weighted by Crippen LogP contribution is 1.86. The average Bonchev–Trinajstić information content (AvgIpc) is 1.63. The molecule has 0 bridgehead atoms. The lowest BCUT2D eigenvalue weighted by Crippen LogP contribution is -2.19. The molecular formula is C6H12NO2. The molecule has 0 amide bonds. The lowest BCUT2D eigenvalue weighted by molar-refractivity contribution is -0.146. The maximum absolute atomic E-state index is 10.5. The molecule has 3 nitrogen and oxygen atoms in total. The Morgan fingerprint density at radius 2 is 2.22 bits per heavy atom. The number of esters is 1.